The van der Waals surface area contributed by atoms with Crippen molar-refractivity contribution in [2.45, 2.75) is 37.0 Å². The van der Waals surface area contributed by atoms with Crippen LogP contribution in [0.2, 0.25) is 0 Å². The number of hydrogen-bond donors (Lipinski definition) is 1. The van der Waals surface area contributed by atoms with Crippen LogP contribution in [-0.2, 0) is 4.74 Å². The Kier molecular flexibility index (Phi) is 2.38. The third-order valence-corrected chi connectivity index (χ3v) is 3.82. The van der Waals surface area contributed by atoms with E-state index in [1.165, 1.54) is 12.1 Å². The summed E-state index contributed by atoms with van der Waals surface area (Å²) in [6.07, 6.45) is 2.75. The van der Waals surface area contributed by atoms with Crippen molar-refractivity contribution >= 4 is 0 Å². The largest absolute Gasteiger partial charge is 0.487 e. The van der Waals surface area contributed by atoms with Gasteiger partial charge in [0, 0.05) is 38.0 Å². The van der Waals surface area contributed by atoms with Gasteiger partial charge in [0.2, 0.25) is 0 Å². The first-order valence-corrected chi connectivity index (χ1v) is 5.89. The number of methoxy groups -OCH3 is 1. The Bertz CT molecular complexity index is 443. The first-order chi connectivity index (χ1) is 8.12. The fourth-order valence-electron chi connectivity index (χ4n) is 2.87. The van der Waals surface area contributed by atoms with Crippen molar-refractivity contribution in [2.75, 3.05) is 7.11 Å². The zero-order valence-electron chi connectivity index (χ0n) is 9.78. The van der Waals surface area contributed by atoms with Gasteiger partial charge in [-0.3, -0.25) is 0 Å². The monoisotopic (exact) mass is 237 g/mol. The fraction of sp³-hybridized carbons (Fsp3) is 0.538. The van der Waals surface area contributed by atoms with Gasteiger partial charge in [-0.15, -0.1) is 0 Å². The molecular weight excluding hydrogens is 221 g/mol. The van der Waals surface area contributed by atoms with Crippen molar-refractivity contribution in [1.82, 2.24) is 0 Å². The van der Waals surface area contributed by atoms with Crippen LogP contribution in [0.4, 0.5) is 4.39 Å². The van der Waals surface area contributed by atoms with Crippen LogP contribution in [-0.4, -0.2) is 18.8 Å². The molecule has 1 heterocycles. The van der Waals surface area contributed by atoms with E-state index in [1.54, 1.807) is 13.2 Å². The average molecular weight is 237 g/mol. The van der Waals surface area contributed by atoms with Crippen LogP contribution in [0.1, 0.15) is 30.9 Å². The molecule has 2 aliphatic rings. The summed E-state index contributed by atoms with van der Waals surface area (Å²) in [5.74, 6) is 0.460. The second-order valence-electron chi connectivity index (χ2n) is 5.04. The van der Waals surface area contributed by atoms with Crippen LogP contribution in [0.3, 0.4) is 0 Å². The number of halogens is 1. The third kappa shape index (κ3) is 1.72. The smallest absolute Gasteiger partial charge is 0.125 e. The second-order valence-corrected chi connectivity index (χ2v) is 5.04. The van der Waals surface area contributed by atoms with Crippen molar-refractivity contribution in [1.29, 1.82) is 0 Å². The molecule has 1 aliphatic heterocycles. The van der Waals surface area contributed by atoms with E-state index in [4.69, 9.17) is 15.2 Å². The molecule has 2 N–H and O–H groups in total. The van der Waals surface area contributed by atoms with E-state index in [0.29, 0.717) is 0 Å². The van der Waals surface area contributed by atoms with Gasteiger partial charge in [-0.2, -0.15) is 0 Å². The Balaban J connectivity index is 1.87. The standard InChI is InChI=1S/C13H16FNO2/c1-16-9-5-13(6-9)7-11(15)10-4-8(14)2-3-12(10)17-13/h2-4,9,11H,5-7,15H2,1H3. The first kappa shape index (κ1) is 11.0. The summed E-state index contributed by atoms with van der Waals surface area (Å²) >= 11 is 0. The Morgan fingerprint density at radius 3 is 2.88 bits per heavy atom. The third-order valence-electron chi connectivity index (χ3n) is 3.82. The molecule has 0 aromatic heterocycles. The predicted molar refractivity (Wildman–Crippen MR) is 61.3 cm³/mol. The summed E-state index contributed by atoms with van der Waals surface area (Å²) in [6.45, 7) is 0. The van der Waals surface area contributed by atoms with Crippen molar-refractivity contribution in [2.24, 2.45) is 5.73 Å². The highest BCUT2D eigenvalue weighted by atomic mass is 19.1. The minimum Gasteiger partial charge on any atom is -0.487 e. The molecule has 92 valence electrons. The molecule has 1 unspecified atom stereocenters. The molecule has 1 fully saturated rings. The van der Waals surface area contributed by atoms with Crippen LogP contribution < -0.4 is 10.5 Å². The number of fused-ring (bicyclic) bond motifs is 1. The normalized spacial score (nSPS) is 35.0. The number of rotatable bonds is 1. The number of hydrogen-bond acceptors (Lipinski definition) is 3. The van der Waals surface area contributed by atoms with Gasteiger partial charge in [-0.25, -0.2) is 4.39 Å². The number of ether oxygens (including phenoxy) is 2. The van der Waals surface area contributed by atoms with E-state index < -0.39 is 0 Å². The maximum atomic E-state index is 13.1. The van der Waals surface area contributed by atoms with E-state index in [2.05, 4.69) is 0 Å². The second kappa shape index (κ2) is 3.68. The topological polar surface area (TPSA) is 44.5 Å². The van der Waals surface area contributed by atoms with Gasteiger partial charge < -0.3 is 15.2 Å². The lowest BCUT2D eigenvalue weighted by molar-refractivity contribution is -0.124. The molecule has 0 radical (unpaired) electrons. The Labute approximate surface area is 99.7 Å². The summed E-state index contributed by atoms with van der Waals surface area (Å²) in [4.78, 5) is 0. The van der Waals surface area contributed by atoms with Gasteiger partial charge in [-0.1, -0.05) is 0 Å². The van der Waals surface area contributed by atoms with Crippen LogP contribution in [0, 0.1) is 5.82 Å². The molecule has 1 saturated carbocycles. The molecule has 3 nitrogen and oxygen atoms in total. The van der Waals surface area contributed by atoms with Crippen LogP contribution in [0.5, 0.6) is 5.75 Å². The highest BCUT2D eigenvalue weighted by Crippen LogP contribution is 2.48. The van der Waals surface area contributed by atoms with Crippen molar-refractivity contribution < 1.29 is 13.9 Å². The summed E-state index contributed by atoms with van der Waals surface area (Å²) in [5.41, 5.74) is 6.68. The molecular formula is C13H16FNO2. The predicted octanol–water partition coefficient (Wildman–Crippen LogP) is 2.16. The molecule has 0 saturated heterocycles. The van der Waals surface area contributed by atoms with E-state index in [0.717, 1.165) is 30.6 Å². The van der Waals surface area contributed by atoms with Gasteiger partial charge in [0.05, 0.1) is 6.10 Å². The van der Waals surface area contributed by atoms with Crippen molar-refractivity contribution in [3.05, 3.63) is 29.6 Å². The molecule has 0 bridgehead atoms. The highest BCUT2D eigenvalue weighted by molar-refractivity contribution is 5.39. The van der Waals surface area contributed by atoms with Crippen LogP contribution in [0.15, 0.2) is 18.2 Å². The van der Waals surface area contributed by atoms with E-state index >= 15 is 0 Å². The zero-order valence-corrected chi connectivity index (χ0v) is 9.78. The fourth-order valence-corrected chi connectivity index (χ4v) is 2.87. The maximum Gasteiger partial charge on any atom is 0.125 e. The summed E-state index contributed by atoms with van der Waals surface area (Å²) in [6, 6.07) is 4.41. The average Bonchev–Trinajstić information content (AvgIpc) is 2.26. The molecule has 1 aromatic rings. The maximum absolute atomic E-state index is 13.1. The lowest BCUT2D eigenvalue weighted by atomic mass is 9.71. The van der Waals surface area contributed by atoms with Gasteiger partial charge >= 0.3 is 0 Å². The minimum atomic E-state index is -0.262. The molecule has 1 aromatic carbocycles. The van der Waals surface area contributed by atoms with Crippen LogP contribution in [0.25, 0.3) is 0 Å². The van der Waals surface area contributed by atoms with Crippen molar-refractivity contribution in [3.8, 4) is 5.75 Å². The Morgan fingerprint density at radius 1 is 1.41 bits per heavy atom. The molecule has 0 amide bonds. The molecule has 1 atom stereocenters. The van der Waals surface area contributed by atoms with E-state index in [-0.39, 0.29) is 23.6 Å². The Hall–Kier alpha value is -1.13. The van der Waals surface area contributed by atoms with Gasteiger partial charge in [-0.05, 0) is 18.2 Å². The number of benzene rings is 1. The summed E-state index contributed by atoms with van der Waals surface area (Å²) in [5, 5.41) is 0. The van der Waals surface area contributed by atoms with Gasteiger partial charge in [0.25, 0.3) is 0 Å². The summed E-state index contributed by atoms with van der Waals surface area (Å²) in [7, 11) is 1.71. The molecule has 17 heavy (non-hydrogen) atoms. The highest BCUT2D eigenvalue weighted by Gasteiger charge is 2.50. The lowest BCUT2D eigenvalue weighted by Gasteiger charge is -2.50. The van der Waals surface area contributed by atoms with E-state index in [1.807, 2.05) is 0 Å². The molecule has 1 aliphatic carbocycles. The van der Waals surface area contributed by atoms with Gasteiger partial charge in [0.1, 0.15) is 17.2 Å². The van der Waals surface area contributed by atoms with E-state index in [9.17, 15) is 4.39 Å². The zero-order chi connectivity index (χ0) is 12.0. The molecule has 1 spiro atoms. The quantitative estimate of drug-likeness (QED) is 0.814. The first-order valence-electron chi connectivity index (χ1n) is 5.89. The molecule has 4 heteroatoms. The SMILES string of the molecule is COC1CC2(C1)CC(N)c1cc(F)ccc1O2. The minimum absolute atomic E-state index is 0.146. The summed E-state index contributed by atoms with van der Waals surface area (Å²) < 4.78 is 24.4. The number of nitrogens with two attached hydrogens (primary N) is 1. The lowest BCUT2D eigenvalue weighted by Crippen LogP contribution is -2.55. The molecule has 3 rings (SSSR count). The van der Waals surface area contributed by atoms with Crippen LogP contribution >= 0.6 is 0 Å². The van der Waals surface area contributed by atoms with Crippen molar-refractivity contribution in [3.63, 3.8) is 0 Å². The van der Waals surface area contributed by atoms with Gasteiger partial charge in [0.15, 0.2) is 0 Å². The Morgan fingerprint density at radius 2 is 2.18 bits per heavy atom.